The molecule has 4 nitrogen and oxygen atoms in total. The summed E-state index contributed by atoms with van der Waals surface area (Å²) in [5.41, 5.74) is 6.55. The van der Waals surface area contributed by atoms with Gasteiger partial charge in [-0.2, -0.15) is 0 Å². The van der Waals surface area contributed by atoms with E-state index in [9.17, 15) is 9.18 Å². The summed E-state index contributed by atoms with van der Waals surface area (Å²) < 4.78 is 13.0. The van der Waals surface area contributed by atoms with E-state index in [-0.39, 0.29) is 17.5 Å². The van der Waals surface area contributed by atoms with Gasteiger partial charge in [0.25, 0.3) is 5.91 Å². The summed E-state index contributed by atoms with van der Waals surface area (Å²) in [5.74, 6) is -0.422. The van der Waals surface area contributed by atoms with Gasteiger partial charge in [0.05, 0.1) is 10.6 Å². The first-order chi connectivity index (χ1) is 9.06. The average molecular weight is 280 g/mol. The van der Waals surface area contributed by atoms with Crippen LogP contribution in [0.25, 0.3) is 0 Å². The number of hydrogen-bond donors (Lipinski definition) is 2. The molecule has 0 saturated heterocycles. The predicted octanol–water partition coefficient (Wildman–Crippen LogP) is 2.39. The third kappa shape index (κ3) is 3.42. The number of halogens is 2. The molecule has 0 atom stereocenters. The molecule has 0 aliphatic carbocycles. The van der Waals surface area contributed by atoms with Crippen molar-refractivity contribution < 1.29 is 9.18 Å². The molecule has 0 radical (unpaired) electrons. The molecular weight excluding hydrogens is 269 g/mol. The molecule has 1 heterocycles. The molecule has 6 heteroatoms. The summed E-state index contributed by atoms with van der Waals surface area (Å²) >= 11 is 5.65. The molecule has 0 aliphatic rings. The van der Waals surface area contributed by atoms with Gasteiger partial charge in [0.1, 0.15) is 11.6 Å². The molecule has 1 aromatic heterocycles. The van der Waals surface area contributed by atoms with Gasteiger partial charge < -0.3 is 11.1 Å². The number of nitrogen functional groups attached to an aromatic ring is 1. The number of pyridine rings is 1. The highest BCUT2D eigenvalue weighted by molar-refractivity contribution is 6.30. The highest BCUT2D eigenvalue weighted by Gasteiger charge is 2.06. The summed E-state index contributed by atoms with van der Waals surface area (Å²) in [6.45, 7) is 0.253. The zero-order valence-corrected chi connectivity index (χ0v) is 10.6. The number of hydrogen-bond acceptors (Lipinski definition) is 3. The molecule has 0 unspecified atom stereocenters. The Morgan fingerprint density at radius 3 is 2.79 bits per heavy atom. The lowest BCUT2D eigenvalue weighted by Gasteiger charge is -2.06. The van der Waals surface area contributed by atoms with Gasteiger partial charge in [-0.3, -0.25) is 4.79 Å². The lowest BCUT2D eigenvalue weighted by Crippen LogP contribution is -2.23. The molecule has 3 N–H and O–H groups in total. The van der Waals surface area contributed by atoms with Crippen LogP contribution < -0.4 is 11.1 Å². The molecule has 1 aromatic carbocycles. The smallest absolute Gasteiger partial charge is 0.253 e. The Hall–Kier alpha value is -2.14. The van der Waals surface area contributed by atoms with Gasteiger partial charge in [-0.05, 0) is 29.8 Å². The topological polar surface area (TPSA) is 68.0 Å². The van der Waals surface area contributed by atoms with E-state index in [0.29, 0.717) is 16.9 Å². The highest BCUT2D eigenvalue weighted by atomic mass is 35.5. The Balaban J connectivity index is 2.00. The molecule has 2 aromatic rings. The minimum Gasteiger partial charge on any atom is -0.384 e. The largest absolute Gasteiger partial charge is 0.384 e. The average Bonchev–Trinajstić information content (AvgIpc) is 2.40. The first kappa shape index (κ1) is 13.3. The number of rotatable bonds is 3. The fourth-order valence-electron chi connectivity index (χ4n) is 1.47. The van der Waals surface area contributed by atoms with Gasteiger partial charge in [-0.25, -0.2) is 9.37 Å². The number of aromatic nitrogens is 1. The summed E-state index contributed by atoms with van der Waals surface area (Å²) in [6, 6.07) is 7.41. The lowest BCUT2D eigenvalue weighted by molar-refractivity contribution is 0.0950. The molecule has 0 bridgehead atoms. The summed E-state index contributed by atoms with van der Waals surface area (Å²) in [5, 5.41) is 2.71. The third-order valence-electron chi connectivity index (χ3n) is 2.49. The van der Waals surface area contributed by atoms with Gasteiger partial charge in [0.15, 0.2) is 0 Å². The number of nitrogens with two attached hydrogens (primary N) is 1. The molecule has 98 valence electrons. The summed E-state index contributed by atoms with van der Waals surface area (Å²) in [6.07, 6.45) is 1.39. The zero-order valence-electron chi connectivity index (χ0n) is 9.86. The van der Waals surface area contributed by atoms with Crippen LogP contribution in [0, 0.1) is 5.82 Å². The number of anilines is 1. The highest BCUT2D eigenvalue weighted by Crippen LogP contribution is 2.15. The van der Waals surface area contributed by atoms with E-state index in [0.717, 1.165) is 0 Å². The number of carbonyl (C=O) groups is 1. The van der Waals surface area contributed by atoms with Crippen molar-refractivity contribution >= 4 is 23.3 Å². The quantitative estimate of drug-likeness (QED) is 0.906. The fraction of sp³-hybridized carbons (Fsp3) is 0.0769. The van der Waals surface area contributed by atoms with Gasteiger partial charge in [-0.1, -0.05) is 17.7 Å². The standard InChI is InChI=1S/C13H11ClFN3O/c14-10-5-8(1-3-11(10)15)6-18-13(19)9-2-4-12(16)17-7-9/h1-5,7H,6H2,(H2,16,17)(H,18,19). The van der Waals surface area contributed by atoms with Crippen molar-refractivity contribution in [2.24, 2.45) is 0 Å². The molecule has 2 rings (SSSR count). The monoisotopic (exact) mass is 279 g/mol. The summed E-state index contributed by atoms with van der Waals surface area (Å²) in [4.78, 5) is 15.6. The van der Waals surface area contributed by atoms with Crippen LogP contribution in [0.2, 0.25) is 5.02 Å². The second-order valence-corrected chi connectivity index (χ2v) is 4.31. The van der Waals surface area contributed by atoms with Crippen molar-refractivity contribution in [2.45, 2.75) is 6.54 Å². The molecule has 19 heavy (non-hydrogen) atoms. The van der Waals surface area contributed by atoms with Gasteiger partial charge in [0.2, 0.25) is 0 Å². The van der Waals surface area contributed by atoms with E-state index in [2.05, 4.69) is 10.3 Å². The second-order valence-electron chi connectivity index (χ2n) is 3.90. The van der Waals surface area contributed by atoms with E-state index in [1.54, 1.807) is 18.2 Å². The van der Waals surface area contributed by atoms with Crippen molar-refractivity contribution in [3.05, 3.63) is 58.5 Å². The first-order valence-electron chi connectivity index (χ1n) is 5.50. The zero-order chi connectivity index (χ0) is 13.8. The second kappa shape index (κ2) is 5.67. The maximum Gasteiger partial charge on any atom is 0.253 e. The first-order valence-corrected chi connectivity index (χ1v) is 5.88. The number of nitrogens with zero attached hydrogens (tertiary/aromatic N) is 1. The molecule has 0 spiro atoms. The molecule has 0 fully saturated rings. The third-order valence-corrected chi connectivity index (χ3v) is 2.78. The number of benzene rings is 1. The van der Waals surface area contributed by atoms with Crippen molar-refractivity contribution in [1.29, 1.82) is 0 Å². The van der Waals surface area contributed by atoms with E-state index in [1.807, 2.05) is 0 Å². The SMILES string of the molecule is Nc1ccc(C(=O)NCc2ccc(F)c(Cl)c2)cn1. The molecule has 0 saturated carbocycles. The van der Waals surface area contributed by atoms with Crippen molar-refractivity contribution in [3.8, 4) is 0 Å². The molecule has 1 amide bonds. The van der Waals surface area contributed by atoms with Crippen LogP contribution in [0.15, 0.2) is 36.5 Å². The van der Waals surface area contributed by atoms with E-state index in [1.165, 1.54) is 18.3 Å². The lowest BCUT2D eigenvalue weighted by atomic mass is 10.2. The minimum absolute atomic E-state index is 0.0286. The van der Waals surface area contributed by atoms with Crippen LogP contribution in [-0.4, -0.2) is 10.9 Å². The van der Waals surface area contributed by atoms with Crippen molar-refractivity contribution in [2.75, 3.05) is 5.73 Å². The van der Waals surface area contributed by atoms with Crippen LogP contribution in [0.4, 0.5) is 10.2 Å². The van der Waals surface area contributed by atoms with E-state index >= 15 is 0 Å². The van der Waals surface area contributed by atoms with E-state index in [4.69, 9.17) is 17.3 Å². The van der Waals surface area contributed by atoms with Crippen LogP contribution >= 0.6 is 11.6 Å². The van der Waals surface area contributed by atoms with Gasteiger partial charge >= 0.3 is 0 Å². The Bertz CT molecular complexity index is 601. The van der Waals surface area contributed by atoms with Crippen LogP contribution in [0.1, 0.15) is 15.9 Å². The minimum atomic E-state index is -0.487. The number of carbonyl (C=O) groups excluding carboxylic acids is 1. The Morgan fingerprint density at radius 1 is 1.37 bits per heavy atom. The number of nitrogens with one attached hydrogen (secondary N) is 1. The van der Waals surface area contributed by atoms with Crippen LogP contribution in [-0.2, 0) is 6.54 Å². The van der Waals surface area contributed by atoms with Crippen LogP contribution in [0.5, 0.6) is 0 Å². The Morgan fingerprint density at radius 2 is 2.16 bits per heavy atom. The van der Waals surface area contributed by atoms with Crippen LogP contribution in [0.3, 0.4) is 0 Å². The van der Waals surface area contributed by atoms with Crippen molar-refractivity contribution in [1.82, 2.24) is 10.3 Å². The normalized spacial score (nSPS) is 10.2. The van der Waals surface area contributed by atoms with Gasteiger partial charge in [0, 0.05) is 12.7 Å². The van der Waals surface area contributed by atoms with Crippen molar-refractivity contribution in [3.63, 3.8) is 0 Å². The maximum atomic E-state index is 13.0. The van der Waals surface area contributed by atoms with E-state index < -0.39 is 5.82 Å². The Labute approximate surface area is 114 Å². The Kier molecular flexibility index (Phi) is 3.97. The maximum absolute atomic E-state index is 13.0. The predicted molar refractivity (Wildman–Crippen MR) is 71.2 cm³/mol. The fourth-order valence-corrected chi connectivity index (χ4v) is 1.68. The molecule has 0 aliphatic heterocycles. The summed E-state index contributed by atoms with van der Waals surface area (Å²) in [7, 11) is 0. The number of amides is 1. The van der Waals surface area contributed by atoms with Gasteiger partial charge in [-0.15, -0.1) is 0 Å². The molecular formula is C13H11ClFN3O.